The van der Waals surface area contributed by atoms with Crippen molar-refractivity contribution in [2.24, 2.45) is 12.5 Å². The van der Waals surface area contributed by atoms with E-state index in [4.69, 9.17) is 9.47 Å². The van der Waals surface area contributed by atoms with Gasteiger partial charge in [0.1, 0.15) is 24.2 Å². The smallest absolute Gasteiger partial charge is 0.273 e. The molecular weight excluding hydrogens is 1010 g/mol. The lowest BCUT2D eigenvalue weighted by Crippen LogP contribution is -2.59. The summed E-state index contributed by atoms with van der Waals surface area (Å²) in [5.74, 6) is -1.74. The maximum atomic E-state index is 14.7. The standard InChI is InChI=1S/C53H68FN13O9S/c1-31-45(77-30-59-31)32-18-19-33(26-57-48(71)38-24-34(68)28-67(38)50(73)46(52(2,3)4)62-51(74)53(54)20-21-53)39(23-32)76-22-13-11-9-8-10-12-17-41(69)56-27-42(70)61-40-25-37(43(64-63-40)49(72)55-5)60-36-16-14-15-35(44(36)75-7)47-58-29-66(6)65-47/h14-16,18-19,23,25,29-30,34,38,46,68H,8-13,17,20-22,24,26-28H2,1-7H3,(H,55,72)(H,56,69)(H,57,71)(H,62,74)(H2,60,61,63,70)/t34-,38+,46-/m1/s1. The largest absolute Gasteiger partial charge is 0.494 e. The zero-order valence-electron chi connectivity index (χ0n) is 44.5. The number of ether oxygens (including phenoxy) is 2. The van der Waals surface area contributed by atoms with Gasteiger partial charge in [0.25, 0.3) is 11.8 Å². The number of alkyl halides is 1. The maximum Gasteiger partial charge on any atom is 0.273 e. The average molecular weight is 1080 g/mol. The highest BCUT2D eigenvalue weighted by atomic mass is 32.1. The first kappa shape index (κ1) is 57.1. The summed E-state index contributed by atoms with van der Waals surface area (Å²) in [6, 6.07) is 10.4. The monoisotopic (exact) mass is 1080 g/mol. The summed E-state index contributed by atoms with van der Waals surface area (Å²) in [4.78, 5) is 89.8. The molecule has 7 N–H and O–H groups in total. The number of aliphatic hydroxyl groups excluding tert-OH is 1. The number of nitrogens with one attached hydrogen (secondary N) is 6. The third-order valence-electron chi connectivity index (χ3n) is 13.2. The number of benzene rings is 2. The van der Waals surface area contributed by atoms with E-state index in [1.54, 1.807) is 62.5 Å². The Hall–Kier alpha value is -7.60. The lowest BCUT2D eigenvalue weighted by molar-refractivity contribution is -0.145. The molecular formula is C53H68FN13O9S. The van der Waals surface area contributed by atoms with Gasteiger partial charge in [0.15, 0.2) is 28.8 Å². The molecule has 2 aromatic carbocycles. The number of thiazole rings is 1. The molecule has 0 spiro atoms. The van der Waals surface area contributed by atoms with Crippen molar-refractivity contribution in [1.29, 1.82) is 0 Å². The average Bonchev–Trinajstić information content (AvgIpc) is 3.66. The lowest BCUT2D eigenvalue weighted by atomic mass is 9.85. The summed E-state index contributed by atoms with van der Waals surface area (Å²) in [7, 11) is 4.70. The first-order valence-electron chi connectivity index (χ1n) is 25.7. The Bertz CT molecular complexity index is 2940. The lowest BCUT2D eigenvalue weighted by Gasteiger charge is -2.35. The Balaban J connectivity index is 0.844. The molecule has 1 saturated carbocycles. The summed E-state index contributed by atoms with van der Waals surface area (Å²) in [6.07, 6.45) is 5.88. The van der Waals surface area contributed by atoms with Gasteiger partial charge in [0.05, 0.1) is 59.4 Å². The molecule has 0 radical (unpaired) electrons. The predicted molar refractivity (Wildman–Crippen MR) is 286 cm³/mol. The zero-order chi connectivity index (χ0) is 55.4. The van der Waals surface area contributed by atoms with E-state index in [0.29, 0.717) is 47.2 Å². The van der Waals surface area contributed by atoms with Crippen LogP contribution in [0.4, 0.5) is 21.6 Å². The molecule has 22 nitrogen and oxygen atoms in total. The number of anilines is 3. The number of rotatable bonds is 25. The summed E-state index contributed by atoms with van der Waals surface area (Å²) in [5.41, 5.74) is 2.76. The van der Waals surface area contributed by atoms with E-state index in [1.807, 2.05) is 25.1 Å². The Morgan fingerprint density at radius 2 is 1.70 bits per heavy atom. The van der Waals surface area contributed by atoms with Crippen molar-refractivity contribution in [2.75, 3.05) is 44.5 Å². The number of aromatic nitrogens is 6. The van der Waals surface area contributed by atoms with Crippen LogP contribution in [0.25, 0.3) is 21.8 Å². The highest BCUT2D eigenvalue weighted by molar-refractivity contribution is 7.13. The second kappa shape index (κ2) is 25.5. The summed E-state index contributed by atoms with van der Waals surface area (Å²) >= 11 is 1.51. The van der Waals surface area contributed by atoms with Crippen molar-refractivity contribution in [1.82, 2.24) is 56.1 Å². The molecule has 5 aromatic rings. The number of methoxy groups -OCH3 is 1. The molecule has 0 bridgehead atoms. The van der Waals surface area contributed by atoms with E-state index in [2.05, 4.69) is 57.2 Å². The fraction of sp³-hybridized carbons (Fsp3) is 0.491. The molecule has 2 fully saturated rings. The Morgan fingerprint density at radius 1 is 0.948 bits per heavy atom. The molecule has 3 atom stereocenters. The summed E-state index contributed by atoms with van der Waals surface area (Å²) in [5, 5.41) is 39.6. The normalized spacial score (nSPS) is 16.0. The number of para-hydroxylation sites is 1. The summed E-state index contributed by atoms with van der Waals surface area (Å²) in [6.45, 7) is 7.26. The van der Waals surface area contributed by atoms with Crippen molar-refractivity contribution in [3.8, 4) is 33.3 Å². The van der Waals surface area contributed by atoms with E-state index >= 15 is 0 Å². The molecule has 4 heterocycles. The number of carbonyl (C=O) groups is 6. The van der Waals surface area contributed by atoms with Crippen LogP contribution < -0.4 is 41.4 Å². The van der Waals surface area contributed by atoms with E-state index in [1.165, 1.54) is 36.5 Å². The van der Waals surface area contributed by atoms with Gasteiger partial charge >= 0.3 is 0 Å². The van der Waals surface area contributed by atoms with Gasteiger partial charge in [-0.3, -0.25) is 33.4 Å². The van der Waals surface area contributed by atoms with Gasteiger partial charge < -0.3 is 51.4 Å². The molecule has 1 aliphatic carbocycles. The number of halogens is 1. The van der Waals surface area contributed by atoms with Gasteiger partial charge in [0.2, 0.25) is 23.6 Å². The van der Waals surface area contributed by atoms with Crippen molar-refractivity contribution in [2.45, 2.75) is 122 Å². The van der Waals surface area contributed by atoms with Crippen molar-refractivity contribution >= 4 is 64.0 Å². The first-order valence-corrected chi connectivity index (χ1v) is 26.5. The van der Waals surface area contributed by atoms with Crippen LogP contribution in [0.15, 0.2) is 54.3 Å². The number of aryl methyl sites for hydroxylation is 2. The van der Waals surface area contributed by atoms with Crippen molar-refractivity contribution in [3.63, 3.8) is 0 Å². The molecule has 77 heavy (non-hydrogen) atoms. The van der Waals surface area contributed by atoms with Crippen LogP contribution >= 0.6 is 11.3 Å². The number of likely N-dealkylation sites (tertiary alicyclic amines) is 1. The fourth-order valence-corrected chi connectivity index (χ4v) is 9.58. The SMILES string of the molecule is CNC(=O)c1nnc(NC(=O)CNC(=O)CCCCCCCCOc2cc(-c3scnc3C)ccc2CNC(=O)[C@@H]2C[C@@H](O)CN2C(=O)[C@@H](NC(=O)C2(F)CC2)C(C)(C)C)cc1Nc1cccc(-c2ncn(C)n2)c1OC. The minimum atomic E-state index is -1.99. The minimum Gasteiger partial charge on any atom is -0.494 e. The van der Waals surface area contributed by atoms with Gasteiger partial charge in [-0.15, -0.1) is 21.5 Å². The second-order valence-corrected chi connectivity index (χ2v) is 21.2. The van der Waals surface area contributed by atoms with Crippen LogP contribution in [-0.4, -0.2) is 133 Å². The highest BCUT2D eigenvalue weighted by Crippen LogP contribution is 2.41. The van der Waals surface area contributed by atoms with E-state index in [9.17, 15) is 38.3 Å². The van der Waals surface area contributed by atoms with E-state index in [-0.39, 0.29) is 68.4 Å². The van der Waals surface area contributed by atoms with Crippen LogP contribution in [0.2, 0.25) is 0 Å². The quantitative estimate of drug-likeness (QED) is 0.0366. The van der Waals surface area contributed by atoms with E-state index < -0.39 is 58.8 Å². The second-order valence-electron chi connectivity index (χ2n) is 20.3. The summed E-state index contributed by atoms with van der Waals surface area (Å²) < 4.78 is 28.3. The predicted octanol–water partition coefficient (Wildman–Crippen LogP) is 5.29. The topological polar surface area (TPSA) is 286 Å². The minimum absolute atomic E-state index is 0.00651. The molecule has 24 heteroatoms. The van der Waals surface area contributed by atoms with Crippen molar-refractivity contribution < 1.29 is 47.7 Å². The van der Waals surface area contributed by atoms with Crippen LogP contribution in [-0.2, 0) is 37.6 Å². The molecule has 1 aliphatic heterocycles. The van der Waals surface area contributed by atoms with Gasteiger partial charge in [-0.2, -0.15) is 5.10 Å². The molecule has 2 aliphatic rings. The maximum absolute atomic E-state index is 14.7. The Labute approximate surface area is 450 Å². The first-order chi connectivity index (χ1) is 36.8. The Kier molecular flexibility index (Phi) is 18.9. The number of carbonyl (C=O) groups excluding carboxylic acids is 6. The highest BCUT2D eigenvalue weighted by Gasteiger charge is 2.53. The number of amides is 6. The molecule has 3 aromatic heterocycles. The van der Waals surface area contributed by atoms with Gasteiger partial charge in [0, 0.05) is 51.7 Å². The van der Waals surface area contributed by atoms with E-state index in [0.717, 1.165) is 48.2 Å². The number of β-amino-alcohol motifs (C(OH)–C–C–N with tert-alkyl or cyclic N) is 1. The van der Waals surface area contributed by atoms with Crippen LogP contribution in [0.1, 0.15) is 107 Å². The van der Waals surface area contributed by atoms with Crippen LogP contribution in [0, 0.1) is 12.3 Å². The van der Waals surface area contributed by atoms with Gasteiger partial charge in [-0.25, -0.2) is 14.4 Å². The van der Waals surface area contributed by atoms with Crippen molar-refractivity contribution in [3.05, 3.63) is 71.3 Å². The molecule has 6 amide bonds. The fourth-order valence-electron chi connectivity index (χ4n) is 8.78. The zero-order valence-corrected chi connectivity index (χ0v) is 45.3. The Morgan fingerprint density at radius 3 is 2.38 bits per heavy atom. The number of nitrogens with zero attached hydrogens (tertiary/aromatic N) is 7. The third kappa shape index (κ3) is 14.9. The molecule has 1 saturated heterocycles. The third-order valence-corrected chi connectivity index (χ3v) is 14.2. The molecule has 0 unspecified atom stereocenters. The number of unbranched alkanes of at least 4 members (excludes halogenated alkanes) is 5. The van der Waals surface area contributed by atoms with Gasteiger partial charge in [-0.1, -0.05) is 64.7 Å². The van der Waals surface area contributed by atoms with Gasteiger partial charge in [-0.05, 0) is 61.8 Å². The number of hydrogen-bond donors (Lipinski definition) is 7. The van der Waals surface area contributed by atoms with Crippen LogP contribution in [0.3, 0.4) is 0 Å². The number of hydrogen-bond acceptors (Lipinski definition) is 16. The number of aliphatic hydroxyl groups is 1. The molecule has 7 rings (SSSR count). The van der Waals surface area contributed by atoms with Crippen LogP contribution in [0.5, 0.6) is 11.5 Å². The molecule has 412 valence electrons.